The summed E-state index contributed by atoms with van der Waals surface area (Å²) >= 11 is 0. The normalized spacial score (nSPS) is 15.7. The Morgan fingerprint density at radius 3 is 2.00 bits per heavy atom. The van der Waals surface area contributed by atoms with Gasteiger partial charge in [-0.2, -0.15) is 0 Å². The highest BCUT2D eigenvalue weighted by atomic mass is 19.3. The summed E-state index contributed by atoms with van der Waals surface area (Å²) in [4.78, 5) is 0. The van der Waals surface area contributed by atoms with Crippen LogP contribution in [0.3, 0.4) is 0 Å². The molecular formula is C6H11F3. The van der Waals surface area contributed by atoms with Crippen LogP contribution in [0.5, 0.6) is 0 Å². The molecule has 0 aromatic heterocycles. The van der Waals surface area contributed by atoms with Gasteiger partial charge in [-0.3, -0.25) is 0 Å². The van der Waals surface area contributed by atoms with E-state index in [9.17, 15) is 13.2 Å². The van der Waals surface area contributed by atoms with Crippen molar-refractivity contribution in [2.45, 2.75) is 38.8 Å². The Balaban J connectivity index is 3.47. The Hall–Kier alpha value is -0.210. The summed E-state index contributed by atoms with van der Waals surface area (Å²) in [6, 6.07) is 0. The number of hydrogen-bond donors (Lipinski definition) is 0. The maximum atomic E-state index is 12.1. The number of alkyl halides is 3. The van der Waals surface area contributed by atoms with E-state index >= 15 is 0 Å². The molecule has 0 fully saturated rings. The molecule has 0 aromatic rings. The van der Waals surface area contributed by atoms with Crippen LogP contribution in [-0.2, 0) is 0 Å². The fourth-order valence-corrected chi connectivity index (χ4v) is 0.533. The Bertz CT molecular complexity index is 74.9. The van der Waals surface area contributed by atoms with E-state index in [4.69, 9.17) is 0 Å². The van der Waals surface area contributed by atoms with Crippen LogP contribution in [0.4, 0.5) is 13.2 Å². The molecule has 0 nitrogen and oxygen atoms in total. The summed E-state index contributed by atoms with van der Waals surface area (Å²) in [6.45, 7) is 2.28. The van der Waals surface area contributed by atoms with Crippen molar-refractivity contribution in [2.24, 2.45) is 0 Å². The van der Waals surface area contributed by atoms with Crippen LogP contribution in [0, 0.1) is 0 Å². The van der Waals surface area contributed by atoms with Gasteiger partial charge >= 0.3 is 0 Å². The van der Waals surface area contributed by atoms with Crippen LogP contribution in [0.25, 0.3) is 0 Å². The van der Waals surface area contributed by atoms with Crippen molar-refractivity contribution in [1.29, 1.82) is 0 Å². The Labute approximate surface area is 53.1 Å². The van der Waals surface area contributed by atoms with E-state index in [0.29, 0.717) is 0 Å². The van der Waals surface area contributed by atoms with E-state index in [1.807, 2.05) is 0 Å². The topological polar surface area (TPSA) is 0 Å². The molecular weight excluding hydrogens is 129 g/mol. The molecule has 1 atom stereocenters. The molecule has 0 amide bonds. The Kier molecular flexibility index (Phi) is 3.01. The standard InChI is InChI=1S/C6H11F3/c1-3-5(7)4-6(2,8)9/h5H,3-4H2,1-2H3/t5-/m0/s1. The first-order chi connectivity index (χ1) is 3.95. The van der Waals surface area contributed by atoms with Gasteiger partial charge in [-0.1, -0.05) is 6.92 Å². The SMILES string of the molecule is CC[C@H](F)CC(C)(F)F. The minimum Gasteiger partial charge on any atom is -0.247 e. The number of hydrogen-bond acceptors (Lipinski definition) is 0. The van der Waals surface area contributed by atoms with E-state index in [0.717, 1.165) is 6.92 Å². The van der Waals surface area contributed by atoms with Gasteiger partial charge in [-0.15, -0.1) is 0 Å². The van der Waals surface area contributed by atoms with Crippen LogP contribution >= 0.6 is 0 Å². The lowest BCUT2D eigenvalue weighted by Crippen LogP contribution is -2.16. The predicted octanol–water partition coefficient (Wildman–Crippen LogP) is 2.78. The summed E-state index contributed by atoms with van der Waals surface area (Å²) in [5.41, 5.74) is 0. The first kappa shape index (κ1) is 8.79. The monoisotopic (exact) mass is 140 g/mol. The minimum absolute atomic E-state index is 0.170. The van der Waals surface area contributed by atoms with Gasteiger partial charge in [0.25, 0.3) is 0 Å². The van der Waals surface area contributed by atoms with Crippen molar-refractivity contribution < 1.29 is 13.2 Å². The lowest BCUT2D eigenvalue weighted by atomic mass is 10.1. The molecule has 0 N–H and O–H groups in total. The van der Waals surface area contributed by atoms with Crippen LogP contribution in [-0.4, -0.2) is 12.1 Å². The molecule has 9 heavy (non-hydrogen) atoms. The van der Waals surface area contributed by atoms with Gasteiger partial charge < -0.3 is 0 Å². The highest BCUT2D eigenvalue weighted by Crippen LogP contribution is 2.21. The van der Waals surface area contributed by atoms with E-state index in [1.54, 1.807) is 6.92 Å². The molecule has 0 rings (SSSR count). The summed E-state index contributed by atoms with van der Waals surface area (Å²) in [7, 11) is 0. The molecule has 0 unspecified atom stereocenters. The Morgan fingerprint density at radius 1 is 1.44 bits per heavy atom. The largest absolute Gasteiger partial charge is 0.248 e. The van der Waals surface area contributed by atoms with Crippen LogP contribution < -0.4 is 0 Å². The third kappa shape index (κ3) is 5.66. The average Bonchev–Trinajstić information content (AvgIpc) is 1.62. The molecule has 56 valence electrons. The second kappa shape index (κ2) is 3.08. The predicted molar refractivity (Wildman–Crippen MR) is 30.4 cm³/mol. The first-order valence-electron chi connectivity index (χ1n) is 2.97. The van der Waals surface area contributed by atoms with Crippen molar-refractivity contribution in [3.63, 3.8) is 0 Å². The summed E-state index contributed by atoms with van der Waals surface area (Å²) < 4.78 is 36.0. The van der Waals surface area contributed by atoms with E-state index < -0.39 is 18.5 Å². The number of halogens is 3. The van der Waals surface area contributed by atoms with Crippen LogP contribution in [0.15, 0.2) is 0 Å². The molecule has 0 aliphatic carbocycles. The molecule has 0 radical (unpaired) electrons. The molecule has 0 aliphatic rings. The van der Waals surface area contributed by atoms with Gasteiger partial charge in [0.05, 0.1) is 0 Å². The Morgan fingerprint density at radius 2 is 1.89 bits per heavy atom. The van der Waals surface area contributed by atoms with Gasteiger partial charge in [0, 0.05) is 6.42 Å². The lowest BCUT2D eigenvalue weighted by Gasteiger charge is -2.11. The van der Waals surface area contributed by atoms with Gasteiger partial charge in [0.1, 0.15) is 6.17 Å². The van der Waals surface area contributed by atoms with Crippen LogP contribution in [0.1, 0.15) is 26.7 Å². The summed E-state index contributed by atoms with van der Waals surface area (Å²) in [6.07, 6.45) is -1.84. The zero-order valence-electron chi connectivity index (χ0n) is 5.63. The molecule has 0 aliphatic heterocycles. The van der Waals surface area contributed by atoms with Crippen molar-refractivity contribution in [3.05, 3.63) is 0 Å². The maximum Gasteiger partial charge on any atom is 0.248 e. The highest BCUT2D eigenvalue weighted by molar-refractivity contribution is 4.64. The van der Waals surface area contributed by atoms with Crippen molar-refractivity contribution in [2.75, 3.05) is 0 Å². The fraction of sp³-hybridized carbons (Fsp3) is 1.00. The zero-order valence-corrected chi connectivity index (χ0v) is 5.63. The van der Waals surface area contributed by atoms with Gasteiger partial charge in [-0.25, -0.2) is 13.2 Å². The molecule has 0 bridgehead atoms. The van der Waals surface area contributed by atoms with Crippen molar-refractivity contribution in [3.8, 4) is 0 Å². The maximum absolute atomic E-state index is 12.1. The summed E-state index contributed by atoms with van der Waals surface area (Å²) in [5, 5.41) is 0. The van der Waals surface area contributed by atoms with Gasteiger partial charge in [0.2, 0.25) is 5.92 Å². The minimum atomic E-state index is -2.85. The molecule has 0 heterocycles. The molecule has 0 spiro atoms. The van der Waals surface area contributed by atoms with E-state index in [1.165, 1.54) is 0 Å². The molecule has 0 aromatic carbocycles. The second-order valence-electron chi connectivity index (χ2n) is 2.28. The van der Waals surface area contributed by atoms with E-state index in [-0.39, 0.29) is 6.42 Å². The zero-order chi connectivity index (χ0) is 7.49. The third-order valence-electron chi connectivity index (χ3n) is 1.02. The fourth-order valence-electron chi connectivity index (χ4n) is 0.533. The van der Waals surface area contributed by atoms with Gasteiger partial charge in [-0.05, 0) is 13.3 Å². The van der Waals surface area contributed by atoms with Gasteiger partial charge in [0.15, 0.2) is 0 Å². The first-order valence-corrected chi connectivity index (χ1v) is 2.97. The third-order valence-corrected chi connectivity index (χ3v) is 1.02. The highest BCUT2D eigenvalue weighted by Gasteiger charge is 2.25. The average molecular weight is 140 g/mol. The molecule has 0 saturated heterocycles. The van der Waals surface area contributed by atoms with Crippen molar-refractivity contribution >= 4 is 0 Å². The second-order valence-corrected chi connectivity index (χ2v) is 2.28. The van der Waals surface area contributed by atoms with Crippen molar-refractivity contribution in [1.82, 2.24) is 0 Å². The van der Waals surface area contributed by atoms with Crippen LogP contribution in [0.2, 0.25) is 0 Å². The quantitative estimate of drug-likeness (QED) is 0.565. The molecule has 3 heteroatoms. The van der Waals surface area contributed by atoms with E-state index in [2.05, 4.69) is 0 Å². The lowest BCUT2D eigenvalue weighted by molar-refractivity contribution is -0.00992. The molecule has 0 saturated carbocycles. The smallest absolute Gasteiger partial charge is 0.247 e. The summed E-state index contributed by atoms with van der Waals surface area (Å²) in [5.74, 6) is -2.85. The number of rotatable bonds is 3.